The molecule has 2 heterocycles. The van der Waals surface area contributed by atoms with Crippen molar-refractivity contribution in [3.8, 4) is 6.07 Å². The van der Waals surface area contributed by atoms with Gasteiger partial charge < -0.3 is 9.83 Å². The van der Waals surface area contributed by atoms with Crippen LogP contribution in [0, 0.1) is 22.7 Å². The Labute approximate surface area is 169 Å². The highest BCUT2D eigenvalue weighted by Gasteiger charge is 2.22. The number of fused-ring (bicyclic) bond motifs is 1. The van der Waals surface area contributed by atoms with Crippen LogP contribution >= 0.6 is 23.4 Å². The fraction of sp³-hybridized carbons (Fsp3) is 0.211. The molecule has 7 nitrogen and oxygen atoms in total. The molecule has 0 saturated heterocycles. The maximum absolute atomic E-state index is 13.0. The Morgan fingerprint density at radius 2 is 2.25 bits per heavy atom. The van der Waals surface area contributed by atoms with E-state index in [0.29, 0.717) is 26.8 Å². The van der Waals surface area contributed by atoms with Crippen molar-refractivity contribution in [1.82, 2.24) is 9.55 Å². The van der Waals surface area contributed by atoms with Gasteiger partial charge in [0.15, 0.2) is 10.9 Å². The van der Waals surface area contributed by atoms with Crippen LogP contribution in [0.5, 0.6) is 0 Å². The molecule has 2 aromatic heterocycles. The Morgan fingerprint density at radius 1 is 1.46 bits per heavy atom. The first-order chi connectivity index (χ1) is 13.4. The number of benzene rings is 1. The van der Waals surface area contributed by atoms with Crippen molar-refractivity contribution in [2.75, 3.05) is 5.75 Å². The Balaban J connectivity index is 2.01. The van der Waals surface area contributed by atoms with Crippen molar-refractivity contribution in [2.24, 2.45) is 5.92 Å². The van der Waals surface area contributed by atoms with E-state index in [1.807, 2.05) is 6.07 Å². The number of hydrogen-bond acceptors (Lipinski definition) is 7. The Hall–Kier alpha value is -2.89. The van der Waals surface area contributed by atoms with Gasteiger partial charge in [0.1, 0.15) is 11.7 Å². The van der Waals surface area contributed by atoms with Gasteiger partial charge in [-0.1, -0.05) is 23.4 Å². The first-order valence-electron chi connectivity index (χ1n) is 8.23. The van der Waals surface area contributed by atoms with Crippen molar-refractivity contribution in [1.29, 1.82) is 10.7 Å². The van der Waals surface area contributed by atoms with Crippen LogP contribution in [0.4, 0.5) is 0 Å². The SMILES string of the molecule is CC(=N)C(C#N)C(=O)CSc1nc2cc(Cl)ccc2c(=O)n1Cc1ccco1. The summed E-state index contributed by atoms with van der Waals surface area (Å²) < 4.78 is 6.76. The second kappa shape index (κ2) is 8.42. The van der Waals surface area contributed by atoms with Gasteiger partial charge in [0.2, 0.25) is 0 Å². The molecule has 0 radical (unpaired) electrons. The Kier molecular flexibility index (Phi) is 5.97. The fourth-order valence-corrected chi connectivity index (χ4v) is 3.68. The van der Waals surface area contributed by atoms with E-state index >= 15 is 0 Å². The third-order valence-corrected chi connectivity index (χ3v) is 5.24. The van der Waals surface area contributed by atoms with E-state index in [1.54, 1.807) is 30.3 Å². The molecule has 0 aliphatic carbocycles. The van der Waals surface area contributed by atoms with E-state index < -0.39 is 11.7 Å². The van der Waals surface area contributed by atoms with Gasteiger partial charge in [0.05, 0.1) is 35.5 Å². The molecule has 1 atom stereocenters. The number of rotatable bonds is 7. The van der Waals surface area contributed by atoms with Crippen molar-refractivity contribution in [3.05, 3.63) is 57.7 Å². The number of aromatic nitrogens is 2. The number of hydrogen-bond donors (Lipinski definition) is 1. The summed E-state index contributed by atoms with van der Waals surface area (Å²) in [5.41, 5.74) is 0.121. The quantitative estimate of drug-likeness (QED) is 0.359. The van der Waals surface area contributed by atoms with Crippen molar-refractivity contribution >= 4 is 45.8 Å². The smallest absolute Gasteiger partial charge is 0.262 e. The van der Waals surface area contributed by atoms with E-state index in [-0.39, 0.29) is 23.6 Å². The molecular weight excluding hydrogens is 400 g/mol. The normalized spacial score (nSPS) is 11.9. The molecule has 0 spiro atoms. The fourth-order valence-electron chi connectivity index (χ4n) is 2.61. The molecular formula is C19H15ClN4O3S. The number of furan rings is 1. The highest BCUT2D eigenvalue weighted by molar-refractivity contribution is 7.99. The molecule has 1 aromatic carbocycles. The Bertz CT molecular complexity index is 1150. The van der Waals surface area contributed by atoms with E-state index in [0.717, 1.165) is 11.8 Å². The maximum atomic E-state index is 13.0. The zero-order valence-corrected chi connectivity index (χ0v) is 16.4. The predicted octanol–water partition coefficient (Wildman–Crippen LogP) is 3.53. The zero-order chi connectivity index (χ0) is 20.3. The van der Waals surface area contributed by atoms with Gasteiger partial charge in [0, 0.05) is 10.7 Å². The Morgan fingerprint density at radius 3 is 2.89 bits per heavy atom. The van der Waals surface area contributed by atoms with Gasteiger partial charge in [-0.25, -0.2) is 4.98 Å². The molecule has 3 aromatic rings. The number of Topliss-reactive ketones (excluding diaryl/α,β-unsaturated/α-hetero) is 1. The van der Waals surface area contributed by atoms with Crippen molar-refractivity contribution in [3.63, 3.8) is 0 Å². The minimum atomic E-state index is -1.10. The molecule has 1 N–H and O–H groups in total. The van der Waals surface area contributed by atoms with Gasteiger partial charge >= 0.3 is 0 Å². The molecule has 0 aliphatic rings. The van der Waals surface area contributed by atoms with Crippen LogP contribution < -0.4 is 5.56 Å². The lowest BCUT2D eigenvalue weighted by molar-refractivity contribution is -0.117. The predicted molar refractivity (Wildman–Crippen MR) is 107 cm³/mol. The molecule has 9 heteroatoms. The lowest BCUT2D eigenvalue weighted by Crippen LogP contribution is -2.25. The van der Waals surface area contributed by atoms with Crippen LogP contribution in [-0.2, 0) is 11.3 Å². The maximum Gasteiger partial charge on any atom is 0.262 e. The second-order valence-corrected chi connectivity index (χ2v) is 7.41. The number of carbonyl (C=O) groups excluding carboxylic acids is 1. The molecule has 0 fully saturated rings. The number of carbonyl (C=O) groups is 1. The average Bonchev–Trinajstić information content (AvgIpc) is 3.16. The molecule has 0 bridgehead atoms. The van der Waals surface area contributed by atoms with Gasteiger partial charge in [-0.3, -0.25) is 14.2 Å². The topological polar surface area (TPSA) is 113 Å². The van der Waals surface area contributed by atoms with Crippen LogP contribution in [0.1, 0.15) is 12.7 Å². The van der Waals surface area contributed by atoms with E-state index in [9.17, 15) is 9.59 Å². The van der Waals surface area contributed by atoms with Gasteiger partial charge in [-0.2, -0.15) is 5.26 Å². The van der Waals surface area contributed by atoms with Crippen molar-refractivity contribution in [2.45, 2.75) is 18.6 Å². The van der Waals surface area contributed by atoms with Gasteiger partial charge in [-0.15, -0.1) is 0 Å². The van der Waals surface area contributed by atoms with Crippen LogP contribution in [0.2, 0.25) is 5.02 Å². The highest BCUT2D eigenvalue weighted by Crippen LogP contribution is 2.22. The number of ketones is 1. The molecule has 0 saturated carbocycles. The van der Waals surface area contributed by atoms with Crippen LogP contribution in [0.3, 0.4) is 0 Å². The summed E-state index contributed by atoms with van der Waals surface area (Å²) in [7, 11) is 0. The number of nitrogens with zero attached hydrogens (tertiary/aromatic N) is 3. The molecule has 0 amide bonds. The summed E-state index contributed by atoms with van der Waals surface area (Å²) in [6.07, 6.45) is 1.51. The molecule has 142 valence electrons. The average molecular weight is 415 g/mol. The first kappa shape index (κ1) is 19.9. The van der Waals surface area contributed by atoms with Gasteiger partial charge in [0.25, 0.3) is 5.56 Å². The molecule has 1 unspecified atom stereocenters. The molecule has 0 aliphatic heterocycles. The van der Waals surface area contributed by atoms with E-state index in [2.05, 4.69) is 4.98 Å². The summed E-state index contributed by atoms with van der Waals surface area (Å²) in [5.74, 6) is -1.04. The summed E-state index contributed by atoms with van der Waals surface area (Å²) in [4.78, 5) is 29.8. The minimum Gasteiger partial charge on any atom is -0.467 e. The van der Waals surface area contributed by atoms with Crippen molar-refractivity contribution < 1.29 is 9.21 Å². The summed E-state index contributed by atoms with van der Waals surface area (Å²) in [6.45, 7) is 1.57. The largest absolute Gasteiger partial charge is 0.467 e. The summed E-state index contributed by atoms with van der Waals surface area (Å²) in [5, 5.41) is 17.8. The third-order valence-electron chi connectivity index (χ3n) is 4.00. The number of nitriles is 1. The third kappa shape index (κ3) is 4.16. The minimum absolute atomic E-state index is 0.0145. The second-order valence-electron chi connectivity index (χ2n) is 6.03. The number of thioether (sulfide) groups is 1. The number of nitrogens with one attached hydrogen (secondary N) is 1. The lowest BCUT2D eigenvalue weighted by Gasteiger charge is -2.13. The summed E-state index contributed by atoms with van der Waals surface area (Å²) in [6, 6.07) is 10.1. The molecule has 3 rings (SSSR count). The van der Waals surface area contributed by atoms with Crippen LogP contribution in [0.25, 0.3) is 10.9 Å². The standard InChI is InChI=1S/C19H15ClN4O3S/c1-11(22)15(8-21)17(25)10-28-19-23-16-7-12(20)4-5-14(16)18(26)24(19)9-13-3-2-6-27-13/h2-7,15,22H,9-10H2,1H3. The first-order valence-corrected chi connectivity index (χ1v) is 9.59. The zero-order valence-electron chi connectivity index (χ0n) is 14.8. The monoisotopic (exact) mass is 414 g/mol. The van der Waals surface area contributed by atoms with Crippen LogP contribution in [0.15, 0.2) is 51.0 Å². The van der Waals surface area contributed by atoms with Crippen LogP contribution in [-0.4, -0.2) is 26.8 Å². The summed E-state index contributed by atoms with van der Waals surface area (Å²) >= 11 is 7.06. The van der Waals surface area contributed by atoms with E-state index in [1.165, 1.54) is 17.8 Å². The van der Waals surface area contributed by atoms with Gasteiger partial charge in [-0.05, 0) is 37.3 Å². The molecule has 28 heavy (non-hydrogen) atoms. The highest BCUT2D eigenvalue weighted by atomic mass is 35.5. The van der Waals surface area contributed by atoms with E-state index in [4.69, 9.17) is 26.7 Å². The number of halogens is 1. The lowest BCUT2D eigenvalue weighted by atomic mass is 10.0.